The van der Waals surface area contributed by atoms with Gasteiger partial charge in [-0.2, -0.15) is 0 Å². The van der Waals surface area contributed by atoms with Crippen LogP contribution in [-0.2, 0) is 10.0 Å². The molecule has 0 saturated heterocycles. The number of halogens is 2. The third-order valence-electron chi connectivity index (χ3n) is 3.41. The van der Waals surface area contributed by atoms with Gasteiger partial charge in [-0.1, -0.05) is 17.7 Å². The Kier molecular flexibility index (Phi) is 4.18. The molecule has 1 N–H and O–H groups in total. The summed E-state index contributed by atoms with van der Waals surface area (Å²) >= 11 is 5.64. The molecule has 0 aliphatic carbocycles. The van der Waals surface area contributed by atoms with E-state index in [9.17, 15) is 12.8 Å². The Hall–Kier alpha value is -1.83. The lowest BCUT2D eigenvalue weighted by atomic mass is 10.1. The van der Waals surface area contributed by atoms with E-state index in [4.69, 9.17) is 21.1 Å². The third kappa shape index (κ3) is 3.26. The zero-order valence-corrected chi connectivity index (χ0v) is 13.6. The molecule has 0 spiro atoms. The van der Waals surface area contributed by atoms with Crippen LogP contribution in [0.25, 0.3) is 0 Å². The second-order valence-electron chi connectivity index (χ2n) is 5.03. The average Bonchev–Trinajstić information content (AvgIpc) is 2.93. The van der Waals surface area contributed by atoms with Crippen molar-refractivity contribution < 1.29 is 22.3 Å². The first kappa shape index (κ1) is 16.0. The summed E-state index contributed by atoms with van der Waals surface area (Å²) in [6.45, 7) is 1.79. The Morgan fingerprint density at radius 2 is 1.91 bits per heavy atom. The van der Waals surface area contributed by atoms with Gasteiger partial charge >= 0.3 is 0 Å². The van der Waals surface area contributed by atoms with E-state index in [1.54, 1.807) is 25.1 Å². The van der Waals surface area contributed by atoms with Gasteiger partial charge in [0.25, 0.3) is 0 Å². The number of ether oxygens (including phenoxy) is 2. The fourth-order valence-electron chi connectivity index (χ4n) is 2.24. The maximum absolute atomic E-state index is 13.8. The SMILES string of the molecule is CC(NS(=O)(=O)c1ccc(Cl)cc1F)c1ccc2c(c1)OCO2. The molecule has 2 aromatic rings. The summed E-state index contributed by atoms with van der Waals surface area (Å²) in [5, 5.41) is 0.130. The van der Waals surface area contributed by atoms with Crippen LogP contribution in [0.5, 0.6) is 11.5 Å². The van der Waals surface area contributed by atoms with Crippen LogP contribution in [0.15, 0.2) is 41.3 Å². The molecule has 2 aromatic carbocycles. The maximum Gasteiger partial charge on any atom is 0.244 e. The van der Waals surface area contributed by atoms with E-state index in [-0.39, 0.29) is 11.8 Å². The van der Waals surface area contributed by atoms with Crippen molar-refractivity contribution in [2.45, 2.75) is 17.9 Å². The molecule has 122 valence electrons. The summed E-state index contributed by atoms with van der Waals surface area (Å²) in [6, 6.07) is 7.94. The van der Waals surface area contributed by atoms with Crippen molar-refractivity contribution in [3.05, 3.63) is 52.8 Å². The summed E-state index contributed by atoms with van der Waals surface area (Å²) in [4.78, 5) is -0.450. The fraction of sp³-hybridized carbons (Fsp3) is 0.200. The standard InChI is InChI=1S/C15H13ClFNO4S/c1-9(10-2-4-13-14(6-10)22-8-21-13)18-23(19,20)15-5-3-11(16)7-12(15)17/h2-7,9,18H,8H2,1H3. The van der Waals surface area contributed by atoms with Gasteiger partial charge in [-0.05, 0) is 42.8 Å². The molecule has 23 heavy (non-hydrogen) atoms. The molecule has 3 rings (SSSR count). The van der Waals surface area contributed by atoms with Crippen molar-refractivity contribution >= 4 is 21.6 Å². The largest absolute Gasteiger partial charge is 0.454 e. The zero-order chi connectivity index (χ0) is 16.6. The summed E-state index contributed by atoms with van der Waals surface area (Å²) in [7, 11) is -4.02. The molecule has 0 radical (unpaired) electrons. The molecule has 0 saturated carbocycles. The molecule has 5 nitrogen and oxygen atoms in total. The van der Waals surface area contributed by atoms with Crippen LogP contribution in [-0.4, -0.2) is 15.2 Å². The molecule has 1 aliphatic rings. The van der Waals surface area contributed by atoms with Crippen LogP contribution >= 0.6 is 11.6 Å². The first-order chi connectivity index (χ1) is 10.9. The molecular formula is C15H13ClFNO4S. The minimum absolute atomic E-state index is 0.130. The van der Waals surface area contributed by atoms with Crippen molar-refractivity contribution in [2.24, 2.45) is 0 Å². The summed E-state index contributed by atoms with van der Waals surface area (Å²) in [5.41, 5.74) is 0.673. The van der Waals surface area contributed by atoms with Crippen LogP contribution < -0.4 is 14.2 Å². The van der Waals surface area contributed by atoms with E-state index in [2.05, 4.69) is 4.72 Å². The molecule has 1 unspecified atom stereocenters. The normalized spacial score (nSPS) is 14.7. The van der Waals surface area contributed by atoms with E-state index < -0.39 is 26.8 Å². The van der Waals surface area contributed by atoms with E-state index in [1.807, 2.05) is 0 Å². The Morgan fingerprint density at radius 3 is 2.65 bits per heavy atom. The minimum Gasteiger partial charge on any atom is -0.454 e. The van der Waals surface area contributed by atoms with Crippen molar-refractivity contribution in [2.75, 3.05) is 6.79 Å². The zero-order valence-electron chi connectivity index (χ0n) is 12.0. The van der Waals surface area contributed by atoms with Crippen LogP contribution in [0.4, 0.5) is 4.39 Å². The van der Waals surface area contributed by atoms with E-state index in [0.29, 0.717) is 17.1 Å². The van der Waals surface area contributed by atoms with Crippen LogP contribution in [0.3, 0.4) is 0 Å². The smallest absolute Gasteiger partial charge is 0.244 e. The van der Waals surface area contributed by atoms with Crippen LogP contribution in [0.1, 0.15) is 18.5 Å². The van der Waals surface area contributed by atoms with Crippen molar-refractivity contribution in [1.82, 2.24) is 4.72 Å². The number of hydrogen-bond donors (Lipinski definition) is 1. The van der Waals surface area contributed by atoms with Gasteiger partial charge in [-0.25, -0.2) is 17.5 Å². The van der Waals surface area contributed by atoms with Crippen molar-refractivity contribution in [3.8, 4) is 11.5 Å². The van der Waals surface area contributed by atoms with E-state index >= 15 is 0 Å². The lowest BCUT2D eigenvalue weighted by Crippen LogP contribution is -2.27. The van der Waals surface area contributed by atoms with Gasteiger partial charge in [-0.15, -0.1) is 0 Å². The molecule has 8 heteroatoms. The first-order valence-electron chi connectivity index (χ1n) is 6.74. The molecule has 1 heterocycles. The Balaban J connectivity index is 1.85. The third-order valence-corrected chi connectivity index (χ3v) is 5.22. The number of rotatable bonds is 4. The molecular weight excluding hydrogens is 345 g/mol. The van der Waals surface area contributed by atoms with Gasteiger partial charge in [0.1, 0.15) is 10.7 Å². The highest BCUT2D eigenvalue weighted by Crippen LogP contribution is 2.34. The topological polar surface area (TPSA) is 64.6 Å². The Bertz CT molecular complexity index is 857. The van der Waals surface area contributed by atoms with Crippen molar-refractivity contribution in [1.29, 1.82) is 0 Å². The van der Waals surface area contributed by atoms with Gasteiger partial charge < -0.3 is 9.47 Å². The molecule has 0 fully saturated rings. The second-order valence-corrected chi connectivity index (χ2v) is 7.15. The van der Waals surface area contributed by atoms with E-state index in [1.165, 1.54) is 6.07 Å². The number of hydrogen-bond acceptors (Lipinski definition) is 4. The molecule has 1 atom stereocenters. The summed E-state index contributed by atoms with van der Waals surface area (Å²) < 4.78 is 51.4. The van der Waals surface area contributed by atoms with Gasteiger partial charge in [0.2, 0.25) is 16.8 Å². The van der Waals surface area contributed by atoms with Crippen LogP contribution in [0.2, 0.25) is 5.02 Å². The van der Waals surface area contributed by atoms with Gasteiger partial charge in [0.05, 0.1) is 0 Å². The lowest BCUT2D eigenvalue weighted by Gasteiger charge is -2.15. The summed E-state index contributed by atoms with van der Waals surface area (Å²) in [5.74, 6) is 0.252. The highest BCUT2D eigenvalue weighted by atomic mass is 35.5. The quantitative estimate of drug-likeness (QED) is 0.912. The molecule has 0 amide bonds. The second kappa shape index (κ2) is 5.99. The minimum atomic E-state index is -4.02. The molecule has 0 aromatic heterocycles. The number of benzene rings is 2. The highest BCUT2D eigenvalue weighted by Gasteiger charge is 2.23. The number of fused-ring (bicyclic) bond motifs is 1. The highest BCUT2D eigenvalue weighted by molar-refractivity contribution is 7.89. The predicted octanol–water partition coefficient (Wildman–Crippen LogP) is 3.25. The molecule has 0 bridgehead atoms. The Labute approximate surface area is 138 Å². The predicted molar refractivity (Wildman–Crippen MR) is 82.7 cm³/mol. The number of sulfonamides is 1. The Morgan fingerprint density at radius 1 is 1.17 bits per heavy atom. The van der Waals surface area contributed by atoms with E-state index in [0.717, 1.165) is 12.1 Å². The summed E-state index contributed by atoms with van der Waals surface area (Å²) in [6.07, 6.45) is 0. The maximum atomic E-state index is 13.8. The van der Waals surface area contributed by atoms with Crippen LogP contribution in [0, 0.1) is 5.82 Å². The number of nitrogens with one attached hydrogen (secondary N) is 1. The van der Waals surface area contributed by atoms with Crippen molar-refractivity contribution in [3.63, 3.8) is 0 Å². The average molecular weight is 358 g/mol. The van der Waals surface area contributed by atoms with Gasteiger partial charge in [0.15, 0.2) is 11.5 Å². The first-order valence-corrected chi connectivity index (χ1v) is 8.60. The van der Waals surface area contributed by atoms with Gasteiger partial charge in [0, 0.05) is 11.1 Å². The lowest BCUT2D eigenvalue weighted by molar-refractivity contribution is 0.174. The molecule has 1 aliphatic heterocycles. The fourth-order valence-corrected chi connectivity index (χ4v) is 3.69. The van der Waals surface area contributed by atoms with Gasteiger partial charge in [-0.3, -0.25) is 0 Å². The monoisotopic (exact) mass is 357 g/mol.